The molecule has 0 N–H and O–H groups in total. The highest BCUT2D eigenvalue weighted by Gasteiger charge is 2.25. The van der Waals surface area contributed by atoms with Crippen LogP contribution in [0.15, 0.2) is 48.7 Å². The van der Waals surface area contributed by atoms with Gasteiger partial charge in [-0.2, -0.15) is 0 Å². The number of imidazole rings is 1. The third-order valence-electron chi connectivity index (χ3n) is 4.30. The van der Waals surface area contributed by atoms with Crippen molar-refractivity contribution < 1.29 is 9.53 Å². The summed E-state index contributed by atoms with van der Waals surface area (Å²) >= 11 is 0. The first-order chi connectivity index (χ1) is 11.3. The first-order valence-electron chi connectivity index (χ1n) is 7.64. The first kappa shape index (κ1) is 13.8. The predicted molar refractivity (Wildman–Crippen MR) is 86.6 cm³/mol. The number of benzene rings is 1. The number of ether oxygens (including phenoxy) is 1. The first-order valence-corrected chi connectivity index (χ1v) is 7.64. The molecule has 4 rings (SSSR count). The van der Waals surface area contributed by atoms with Gasteiger partial charge in [-0.1, -0.05) is 6.07 Å². The minimum Gasteiger partial charge on any atom is -0.497 e. The molecule has 1 aliphatic heterocycles. The minimum absolute atomic E-state index is 0.0455. The number of aromatic nitrogens is 2. The van der Waals surface area contributed by atoms with Crippen molar-refractivity contribution >= 4 is 11.6 Å². The second kappa shape index (κ2) is 5.43. The van der Waals surface area contributed by atoms with E-state index in [2.05, 4.69) is 9.38 Å². The van der Waals surface area contributed by atoms with Crippen LogP contribution in [0.4, 0.5) is 0 Å². The van der Waals surface area contributed by atoms with Crippen LogP contribution in [0.1, 0.15) is 21.7 Å². The molecule has 0 atom stereocenters. The van der Waals surface area contributed by atoms with E-state index in [4.69, 9.17) is 4.74 Å². The molecule has 0 spiro atoms. The molecule has 5 nitrogen and oxygen atoms in total. The van der Waals surface area contributed by atoms with E-state index in [9.17, 15) is 4.79 Å². The molecule has 1 aliphatic rings. The lowest BCUT2D eigenvalue weighted by molar-refractivity contribution is 0.0731. The van der Waals surface area contributed by atoms with Gasteiger partial charge in [0, 0.05) is 24.7 Å². The number of hydrogen-bond acceptors (Lipinski definition) is 3. The number of methoxy groups -OCH3 is 1. The number of nitrogens with zero attached hydrogens (tertiary/aromatic N) is 3. The van der Waals surface area contributed by atoms with Gasteiger partial charge in [0.15, 0.2) is 0 Å². The molecule has 0 bridgehead atoms. The zero-order valence-electron chi connectivity index (χ0n) is 12.9. The Morgan fingerprint density at radius 2 is 2.00 bits per heavy atom. The summed E-state index contributed by atoms with van der Waals surface area (Å²) in [5.74, 6) is 0.799. The summed E-state index contributed by atoms with van der Waals surface area (Å²) in [5, 5.41) is 0. The number of carbonyl (C=O) groups excluding carboxylic acids is 1. The maximum Gasteiger partial charge on any atom is 0.254 e. The Labute approximate surface area is 134 Å². The van der Waals surface area contributed by atoms with E-state index >= 15 is 0 Å². The number of pyridine rings is 1. The van der Waals surface area contributed by atoms with Crippen molar-refractivity contribution in [2.24, 2.45) is 0 Å². The van der Waals surface area contributed by atoms with E-state index in [1.54, 1.807) is 7.11 Å². The van der Waals surface area contributed by atoms with E-state index in [0.717, 1.165) is 29.2 Å². The van der Waals surface area contributed by atoms with Gasteiger partial charge in [0.25, 0.3) is 5.91 Å². The second-order valence-electron chi connectivity index (χ2n) is 5.64. The molecule has 3 heterocycles. The van der Waals surface area contributed by atoms with Crippen LogP contribution in [0.2, 0.25) is 0 Å². The van der Waals surface area contributed by atoms with Crippen LogP contribution in [-0.2, 0) is 13.0 Å². The third kappa shape index (κ3) is 2.34. The molecule has 0 unspecified atom stereocenters. The maximum absolute atomic E-state index is 12.7. The van der Waals surface area contributed by atoms with Gasteiger partial charge in [-0.3, -0.25) is 4.79 Å². The lowest BCUT2D eigenvalue weighted by Crippen LogP contribution is -2.36. The molecular formula is C18H17N3O2. The predicted octanol–water partition coefficient (Wildman–Crippen LogP) is 2.54. The van der Waals surface area contributed by atoms with Gasteiger partial charge < -0.3 is 14.0 Å². The largest absolute Gasteiger partial charge is 0.497 e. The van der Waals surface area contributed by atoms with Crippen LogP contribution in [0.3, 0.4) is 0 Å². The molecular weight excluding hydrogens is 290 g/mol. The van der Waals surface area contributed by atoms with E-state index in [1.807, 2.05) is 53.6 Å². The average molecular weight is 307 g/mol. The van der Waals surface area contributed by atoms with Crippen molar-refractivity contribution in [2.75, 3.05) is 13.7 Å². The van der Waals surface area contributed by atoms with Crippen LogP contribution in [-0.4, -0.2) is 33.8 Å². The Balaban J connectivity index is 1.62. The van der Waals surface area contributed by atoms with Crippen molar-refractivity contribution in [3.05, 3.63) is 65.6 Å². The van der Waals surface area contributed by atoms with Crippen LogP contribution in [0.5, 0.6) is 5.75 Å². The Morgan fingerprint density at radius 1 is 1.17 bits per heavy atom. The van der Waals surface area contributed by atoms with Crippen molar-refractivity contribution in [3.63, 3.8) is 0 Å². The normalized spacial score (nSPS) is 13.9. The maximum atomic E-state index is 12.7. The number of rotatable bonds is 2. The van der Waals surface area contributed by atoms with Crippen molar-refractivity contribution in [1.82, 2.24) is 14.3 Å². The number of amides is 1. The fraction of sp³-hybridized carbons (Fsp3) is 0.222. The molecule has 5 heteroatoms. The average Bonchev–Trinajstić information content (AvgIpc) is 2.99. The van der Waals surface area contributed by atoms with Gasteiger partial charge in [0.1, 0.15) is 11.4 Å². The SMILES string of the molecule is COc1ccc(C(=O)N2CCc3nc4ccccn4c3C2)cc1. The standard InChI is InChI=1S/C18H17N3O2/c1-23-14-7-5-13(6-8-14)18(22)20-11-9-15-16(12-20)21-10-3-2-4-17(21)19-15/h2-8,10H,9,11-12H2,1H3. The fourth-order valence-electron chi connectivity index (χ4n) is 3.05. The zero-order valence-corrected chi connectivity index (χ0v) is 12.9. The molecule has 0 radical (unpaired) electrons. The third-order valence-corrected chi connectivity index (χ3v) is 4.30. The van der Waals surface area contributed by atoms with Gasteiger partial charge in [-0.25, -0.2) is 4.98 Å². The highest BCUT2D eigenvalue weighted by molar-refractivity contribution is 5.94. The summed E-state index contributed by atoms with van der Waals surface area (Å²) in [6.45, 7) is 1.28. The lowest BCUT2D eigenvalue weighted by atomic mass is 10.1. The number of carbonyl (C=O) groups is 1. The van der Waals surface area contributed by atoms with Crippen LogP contribution >= 0.6 is 0 Å². The number of fused-ring (bicyclic) bond motifs is 3. The fourth-order valence-corrected chi connectivity index (χ4v) is 3.05. The summed E-state index contributed by atoms with van der Waals surface area (Å²) in [7, 11) is 1.62. The van der Waals surface area contributed by atoms with Gasteiger partial charge in [-0.05, 0) is 36.4 Å². The summed E-state index contributed by atoms with van der Waals surface area (Å²) in [4.78, 5) is 19.3. The Morgan fingerprint density at radius 3 is 2.78 bits per heavy atom. The Hall–Kier alpha value is -2.82. The monoisotopic (exact) mass is 307 g/mol. The summed E-state index contributed by atoms with van der Waals surface area (Å²) in [6.07, 6.45) is 2.79. The van der Waals surface area contributed by atoms with Crippen molar-refractivity contribution in [1.29, 1.82) is 0 Å². The topological polar surface area (TPSA) is 46.8 Å². The molecule has 0 saturated heterocycles. The number of hydrogen-bond donors (Lipinski definition) is 0. The van der Waals surface area contributed by atoms with Gasteiger partial charge >= 0.3 is 0 Å². The lowest BCUT2D eigenvalue weighted by Gasteiger charge is -2.26. The molecule has 3 aromatic rings. The minimum atomic E-state index is 0.0455. The molecule has 116 valence electrons. The smallest absolute Gasteiger partial charge is 0.254 e. The summed E-state index contributed by atoms with van der Waals surface area (Å²) in [5.41, 5.74) is 3.82. The van der Waals surface area contributed by atoms with Crippen LogP contribution < -0.4 is 4.74 Å². The highest BCUT2D eigenvalue weighted by atomic mass is 16.5. The molecule has 23 heavy (non-hydrogen) atoms. The van der Waals surface area contributed by atoms with Crippen molar-refractivity contribution in [2.45, 2.75) is 13.0 Å². The Bertz CT molecular complexity index is 868. The van der Waals surface area contributed by atoms with Crippen molar-refractivity contribution in [3.8, 4) is 5.75 Å². The molecule has 0 saturated carbocycles. The van der Waals surface area contributed by atoms with Gasteiger partial charge in [0.05, 0.1) is 25.0 Å². The summed E-state index contributed by atoms with van der Waals surface area (Å²) < 4.78 is 7.21. The van der Waals surface area contributed by atoms with Gasteiger partial charge in [-0.15, -0.1) is 0 Å². The molecule has 2 aromatic heterocycles. The molecule has 1 amide bonds. The Kier molecular flexibility index (Phi) is 3.26. The zero-order chi connectivity index (χ0) is 15.8. The quantitative estimate of drug-likeness (QED) is 0.731. The van der Waals surface area contributed by atoms with Gasteiger partial charge in [0.2, 0.25) is 0 Å². The van der Waals surface area contributed by atoms with E-state index in [0.29, 0.717) is 18.7 Å². The van der Waals surface area contributed by atoms with Crippen LogP contribution in [0.25, 0.3) is 5.65 Å². The summed E-state index contributed by atoms with van der Waals surface area (Å²) in [6, 6.07) is 13.2. The second-order valence-corrected chi connectivity index (χ2v) is 5.64. The molecule has 1 aromatic carbocycles. The highest BCUT2D eigenvalue weighted by Crippen LogP contribution is 2.22. The van der Waals surface area contributed by atoms with E-state index in [-0.39, 0.29) is 5.91 Å². The van der Waals surface area contributed by atoms with E-state index in [1.165, 1.54) is 0 Å². The van der Waals surface area contributed by atoms with Crippen LogP contribution in [0, 0.1) is 0 Å². The molecule has 0 aliphatic carbocycles. The van der Waals surface area contributed by atoms with E-state index < -0.39 is 0 Å². The molecule has 0 fully saturated rings.